The second-order valence-corrected chi connectivity index (χ2v) is 7.89. The van der Waals surface area contributed by atoms with Crippen molar-refractivity contribution in [2.24, 2.45) is 7.05 Å². The van der Waals surface area contributed by atoms with Gasteiger partial charge in [0.2, 0.25) is 0 Å². The van der Waals surface area contributed by atoms with E-state index in [2.05, 4.69) is 44.8 Å². The Kier molecular flexibility index (Phi) is 6.05. The van der Waals surface area contributed by atoms with Gasteiger partial charge in [-0.2, -0.15) is 5.10 Å². The van der Waals surface area contributed by atoms with Crippen LogP contribution in [0.25, 0.3) is 10.2 Å². The number of benzene rings is 1. The average Bonchev–Trinajstić information content (AvgIpc) is 3.24. The molecule has 3 rings (SSSR count). The third-order valence-corrected chi connectivity index (χ3v) is 5.82. The number of carbonyl (C=O) groups is 1. The van der Waals surface area contributed by atoms with Crippen LogP contribution in [0, 0.1) is 0 Å². The van der Waals surface area contributed by atoms with E-state index in [-0.39, 0.29) is 5.91 Å². The number of amides is 1. The summed E-state index contributed by atoms with van der Waals surface area (Å²) in [4.78, 5) is 21.8. The van der Waals surface area contributed by atoms with Gasteiger partial charge >= 0.3 is 0 Å². The molecule has 1 aromatic carbocycles. The maximum absolute atomic E-state index is 13.1. The SMILES string of the molecule is CCN(CC)CCN(C(=O)c1ccn(C)n1)c1nc2ccc(Br)cc2s1. The van der Waals surface area contributed by atoms with Crippen molar-refractivity contribution >= 4 is 48.5 Å². The van der Waals surface area contributed by atoms with Crippen molar-refractivity contribution in [1.82, 2.24) is 19.7 Å². The van der Waals surface area contributed by atoms with Gasteiger partial charge in [0, 0.05) is 30.8 Å². The maximum Gasteiger partial charge on any atom is 0.280 e. The minimum absolute atomic E-state index is 0.115. The maximum atomic E-state index is 13.1. The summed E-state index contributed by atoms with van der Waals surface area (Å²) in [7, 11) is 1.81. The minimum Gasteiger partial charge on any atom is -0.302 e. The summed E-state index contributed by atoms with van der Waals surface area (Å²) < 4.78 is 3.70. The molecule has 0 bridgehead atoms. The zero-order chi connectivity index (χ0) is 18.7. The number of rotatable bonds is 7. The molecule has 2 heterocycles. The fraction of sp³-hybridized carbons (Fsp3) is 0.389. The van der Waals surface area contributed by atoms with Gasteiger partial charge in [0.15, 0.2) is 10.8 Å². The molecule has 0 aliphatic heterocycles. The Morgan fingerprint density at radius 2 is 2.00 bits per heavy atom. The smallest absolute Gasteiger partial charge is 0.280 e. The number of anilines is 1. The van der Waals surface area contributed by atoms with Gasteiger partial charge < -0.3 is 4.90 Å². The van der Waals surface area contributed by atoms with Crippen molar-refractivity contribution in [3.05, 3.63) is 40.6 Å². The molecule has 0 saturated heterocycles. The van der Waals surface area contributed by atoms with Crippen LogP contribution in [0.15, 0.2) is 34.9 Å². The number of hydrogen-bond acceptors (Lipinski definition) is 5. The molecule has 0 aliphatic carbocycles. The van der Waals surface area contributed by atoms with Crippen molar-refractivity contribution in [2.45, 2.75) is 13.8 Å². The average molecular weight is 436 g/mol. The molecule has 0 radical (unpaired) electrons. The molecule has 2 aromatic heterocycles. The van der Waals surface area contributed by atoms with Crippen LogP contribution in [0.5, 0.6) is 0 Å². The molecule has 26 heavy (non-hydrogen) atoms. The summed E-state index contributed by atoms with van der Waals surface area (Å²) in [5, 5.41) is 4.98. The van der Waals surface area contributed by atoms with Gasteiger partial charge in [-0.05, 0) is 37.4 Å². The third-order valence-electron chi connectivity index (χ3n) is 4.28. The second-order valence-electron chi connectivity index (χ2n) is 5.97. The Morgan fingerprint density at radius 1 is 1.23 bits per heavy atom. The summed E-state index contributed by atoms with van der Waals surface area (Å²) in [5.41, 5.74) is 1.34. The van der Waals surface area contributed by atoms with E-state index in [4.69, 9.17) is 0 Å². The van der Waals surface area contributed by atoms with Gasteiger partial charge in [0.1, 0.15) is 0 Å². The molecule has 0 N–H and O–H groups in total. The first kappa shape index (κ1) is 19.0. The number of hydrogen-bond donors (Lipinski definition) is 0. The lowest BCUT2D eigenvalue weighted by Crippen LogP contribution is -2.39. The van der Waals surface area contributed by atoms with Crippen LogP contribution in [0.3, 0.4) is 0 Å². The lowest BCUT2D eigenvalue weighted by Gasteiger charge is -2.24. The first-order chi connectivity index (χ1) is 12.5. The van der Waals surface area contributed by atoms with Gasteiger partial charge in [-0.1, -0.05) is 41.1 Å². The van der Waals surface area contributed by atoms with E-state index in [1.807, 2.05) is 25.2 Å². The number of carbonyl (C=O) groups excluding carboxylic acids is 1. The number of aryl methyl sites for hydroxylation is 1. The normalized spacial score (nSPS) is 11.4. The van der Waals surface area contributed by atoms with E-state index in [1.165, 1.54) is 11.3 Å². The fourth-order valence-electron chi connectivity index (χ4n) is 2.73. The molecule has 8 heteroatoms. The second kappa shape index (κ2) is 8.28. The quantitative estimate of drug-likeness (QED) is 0.566. The van der Waals surface area contributed by atoms with Crippen LogP contribution in [-0.4, -0.2) is 51.8 Å². The topological polar surface area (TPSA) is 54.3 Å². The Labute approximate surface area is 165 Å². The molecular weight excluding hydrogens is 414 g/mol. The lowest BCUT2D eigenvalue weighted by molar-refractivity contribution is 0.0978. The Bertz CT molecular complexity index is 902. The Hall–Kier alpha value is -1.77. The lowest BCUT2D eigenvalue weighted by atomic mass is 10.3. The highest BCUT2D eigenvalue weighted by Gasteiger charge is 2.23. The van der Waals surface area contributed by atoms with E-state index in [0.717, 1.165) is 34.3 Å². The van der Waals surface area contributed by atoms with Gasteiger partial charge in [-0.15, -0.1) is 0 Å². The minimum atomic E-state index is -0.115. The van der Waals surface area contributed by atoms with Crippen molar-refractivity contribution in [3.63, 3.8) is 0 Å². The largest absolute Gasteiger partial charge is 0.302 e. The van der Waals surface area contributed by atoms with Crippen LogP contribution in [0.1, 0.15) is 24.3 Å². The molecule has 0 aliphatic rings. The third kappa shape index (κ3) is 4.13. The van der Waals surface area contributed by atoms with Crippen molar-refractivity contribution in [3.8, 4) is 0 Å². The number of aromatic nitrogens is 3. The molecule has 138 valence electrons. The van der Waals surface area contributed by atoms with Gasteiger partial charge in [0.05, 0.1) is 10.2 Å². The molecule has 0 spiro atoms. The number of thiazole rings is 1. The highest BCUT2D eigenvalue weighted by molar-refractivity contribution is 9.10. The van der Waals surface area contributed by atoms with Crippen molar-refractivity contribution in [1.29, 1.82) is 0 Å². The first-order valence-electron chi connectivity index (χ1n) is 8.61. The van der Waals surface area contributed by atoms with Gasteiger partial charge in [-0.3, -0.25) is 14.4 Å². The predicted octanol–water partition coefficient (Wildman–Crippen LogP) is 3.78. The number of nitrogens with zero attached hydrogens (tertiary/aromatic N) is 5. The zero-order valence-corrected chi connectivity index (χ0v) is 17.5. The number of halogens is 1. The van der Waals surface area contributed by atoms with E-state index in [0.29, 0.717) is 17.4 Å². The van der Waals surface area contributed by atoms with Crippen LogP contribution < -0.4 is 4.90 Å². The van der Waals surface area contributed by atoms with Crippen LogP contribution in [-0.2, 0) is 7.05 Å². The summed E-state index contributed by atoms with van der Waals surface area (Å²) in [6.45, 7) is 7.54. The van der Waals surface area contributed by atoms with Crippen LogP contribution in [0.4, 0.5) is 5.13 Å². The summed E-state index contributed by atoms with van der Waals surface area (Å²) >= 11 is 5.02. The van der Waals surface area contributed by atoms with Crippen LogP contribution >= 0.6 is 27.3 Å². The summed E-state index contributed by atoms with van der Waals surface area (Å²) in [6.07, 6.45) is 1.78. The molecule has 3 aromatic rings. The highest BCUT2D eigenvalue weighted by atomic mass is 79.9. The predicted molar refractivity (Wildman–Crippen MR) is 110 cm³/mol. The zero-order valence-electron chi connectivity index (χ0n) is 15.1. The molecular formula is C18H22BrN5OS. The molecule has 0 atom stereocenters. The van der Waals surface area contributed by atoms with Gasteiger partial charge in [-0.25, -0.2) is 4.98 Å². The highest BCUT2D eigenvalue weighted by Crippen LogP contribution is 2.31. The number of likely N-dealkylation sites (N-methyl/N-ethyl adjacent to an activating group) is 1. The molecule has 0 unspecified atom stereocenters. The Balaban J connectivity index is 1.93. The van der Waals surface area contributed by atoms with E-state index >= 15 is 0 Å². The summed E-state index contributed by atoms with van der Waals surface area (Å²) in [6, 6.07) is 7.71. The van der Waals surface area contributed by atoms with Gasteiger partial charge in [0.25, 0.3) is 5.91 Å². The molecule has 6 nitrogen and oxygen atoms in total. The molecule has 1 amide bonds. The standard InChI is InChI=1S/C18H22BrN5OS/c1-4-23(5-2)10-11-24(17(25)15-8-9-22(3)21-15)18-20-14-7-6-13(19)12-16(14)26-18/h6-9,12H,4-5,10-11H2,1-3H3. The summed E-state index contributed by atoms with van der Waals surface area (Å²) in [5.74, 6) is -0.115. The molecule has 0 saturated carbocycles. The molecule has 0 fully saturated rings. The van der Waals surface area contributed by atoms with E-state index in [1.54, 1.807) is 21.8 Å². The fourth-order valence-corrected chi connectivity index (χ4v) is 4.28. The monoisotopic (exact) mass is 435 g/mol. The van der Waals surface area contributed by atoms with E-state index in [9.17, 15) is 4.79 Å². The van der Waals surface area contributed by atoms with Crippen molar-refractivity contribution < 1.29 is 4.79 Å². The number of fused-ring (bicyclic) bond motifs is 1. The van der Waals surface area contributed by atoms with E-state index < -0.39 is 0 Å². The first-order valence-corrected chi connectivity index (χ1v) is 10.2. The van der Waals surface area contributed by atoms with Crippen LogP contribution in [0.2, 0.25) is 0 Å². The van der Waals surface area contributed by atoms with Crippen molar-refractivity contribution in [2.75, 3.05) is 31.1 Å². The Morgan fingerprint density at radius 3 is 2.65 bits per heavy atom.